The summed E-state index contributed by atoms with van der Waals surface area (Å²) >= 11 is 0. The normalized spacial score (nSPS) is 10.7. The molecular formula is C12H23N3. The van der Waals surface area contributed by atoms with Gasteiger partial charge in [0.1, 0.15) is 0 Å². The number of nitrogens with one attached hydrogen (secondary N) is 2. The Morgan fingerprint density at radius 3 is 2.73 bits per heavy atom. The molecule has 3 nitrogen and oxygen atoms in total. The molecule has 3 heteroatoms. The summed E-state index contributed by atoms with van der Waals surface area (Å²) in [6.07, 6.45) is 9.95. The van der Waals surface area contributed by atoms with Crippen LogP contribution < -0.4 is 5.32 Å². The van der Waals surface area contributed by atoms with Gasteiger partial charge in [-0.15, -0.1) is 0 Å². The molecule has 15 heavy (non-hydrogen) atoms. The zero-order chi connectivity index (χ0) is 10.8. The molecule has 0 radical (unpaired) electrons. The summed E-state index contributed by atoms with van der Waals surface area (Å²) < 4.78 is 0. The van der Waals surface area contributed by atoms with Crippen LogP contribution in [0.3, 0.4) is 0 Å². The maximum absolute atomic E-state index is 3.91. The first kappa shape index (κ1) is 12.2. The van der Waals surface area contributed by atoms with Crippen LogP contribution in [0, 0.1) is 0 Å². The lowest BCUT2D eigenvalue weighted by molar-refractivity contribution is 0.569. The van der Waals surface area contributed by atoms with Crippen molar-refractivity contribution in [3.8, 4) is 0 Å². The first-order valence-corrected chi connectivity index (χ1v) is 6.12. The van der Waals surface area contributed by atoms with E-state index < -0.39 is 0 Å². The van der Waals surface area contributed by atoms with Crippen LogP contribution in [0.5, 0.6) is 0 Å². The molecule has 0 aliphatic carbocycles. The van der Waals surface area contributed by atoms with Crippen molar-refractivity contribution < 1.29 is 0 Å². The van der Waals surface area contributed by atoms with Crippen LogP contribution in [0.15, 0.2) is 12.3 Å². The molecule has 0 amide bonds. The average molecular weight is 209 g/mol. The molecule has 0 spiro atoms. The lowest BCUT2D eigenvalue weighted by Crippen LogP contribution is -2.14. The first-order chi connectivity index (χ1) is 7.43. The summed E-state index contributed by atoms with van der Waals surface area (Å²) in [7, 11) is 0. The number of hydrogen-bond acceptors (Lipinski definition) is 2. The van der Waals surface area contributed by atoms with Crippen LogP contribution in [-0.2, 0) is 6.54 Å². The van der Waals surface area contributed by atoms with E-state index in [0.29, 0.717) is 0 Å². The molecule has 1 heterocycles. The number of aromatic amines is 1. The van der Waals surface area contributed by atoms with Gasteiger partial charge >= 0.3 is 0 Å². The van der Waals surface area contributed by atoms with Gasteiger partial charge in [-0.2, -0.15) is 5.10 Å². The standard InChI is InChI=1S/C12H23N3/c1-2-3-4-5-6-7-9-13-11-12-8-10-14-15-12/h8,10,13H,2-7,9,11H2,1H3,(H,14,15). The molecule has 0 atom stereocenters. The van der Waals surface area contributed by atoms with Crippen molar-refractivity contribution in [1.82, 2.24) is 15.5 Å². The van der Waals surface area contributed by atoms with Crippen molar-refractivity contribution >= 4 is 0 Å². The smallest absolute Gasteiger partial charge is 0.0490 e. The zero-order valence-electron chi connectivity index (χ0n) is 9.76. The minimum absolute atomic E-state index is 0.912. The van der Waals surface area contributed by atoms with Crippen LogP contribution in [0.2, 0.25) is 0 Å². The predicted octanol–water partition coefficient (Wildman–Crippen LogP) is 2.86. The Hall–Kier alpha value is -0.830. The van der Waals surface area contributed by atoms with Crippen LogP contribution in [0.1, 0.15) is 51.1 Å². The Morgan fingerprint density at radius 2 is 2.00 bits per heavy atom. The Labute approximate surface area is 92.7 Å². The van der Waals surface area contributed by atoms with Gasteiger partial charge in [-0.1, -0.05) is 39.0 Å². The van der Waals surface area contributed by atoms with E-state index in [0.717, 1.165) is 13.1 Å². The highest BCUT2D eigenvalue weighted by Crippen LogP contribution is 2.04. The SMILES string of the molecule is CCCCCCCCNCc1ccn[nH]1. The van der Waals surface area contributed by atoms with E-state index in [1.54, 1.807) is 6.20 Å². The van der Waals surface area contributed by atoms with Crippen molar-refractivity contribution in [3.05, 3.63) is 18.0 Å². The molecule has 0 aliphatic rings. The Bertz CT molecular complexity index is 219. The van der Waals surface area contributed by atoms with Crippen LogP contribution in [0.25, 0.3) is 0 Å². The number of rotatable bonds is 9. The quantitative estimate of drug-likeness (QED) is 0.614. The van der Waals surface area contributed by atoms with Gasteiger partial charge in [0, 0.05) is 18.4 Å². The van der Waals surface area contributed by atoms with Crippen molar-refractivity contribution in [3.63, 3.8) is 0 Å². The molecule has 2 N–H and O–H groups in total. The number of H-pyrrole nitrogens is 1. The third kappa shape index (κ3) is 6.28. The molecule has 1 aromatic heterocycles. The van der Waals surface area contributed by atoms with Gasteiger partial charge < -0.3 is 5.32 Å². The maximum Gasteiger partial charge on any atom is 0.0490 e. The number of aromatic nitrogens is 2. The van der Waals surface area contributed by atoms with Gasteiger partial charge in [0.05, 0.1) is 0 Å². The highest BCUT2D eigenvalue weighted by molar-refractivity contribution is 4.96. The molecule has 86 valence electrons. The summed E-state index contributed by atoms with van der Waals surface area (Å²) in [5.41, 5.74) is 1.17. The number of unbranched alkanes of at least 4 members (excludes halogenated alkanes) is 5. The molecule has 0 saturated carbocycles. The van der Waals surface area contributed by atoms with E-state index in [4.69, 9.17) is 0 Å². The second kappa shape index (κ2) is 8.48. The third-order valence-corrected chi connectivity index (χ3v) is 2.58. The Kier molecular flexibility index (Phi) is 6.92. The molecule has 1 rings (SSSR count). The van der Waals surface area contributed by atoms with Gasteiger partial charge in [-0.25, -0.2) is 0 Å². The fourth-order valence-corrected chi connectivity index (χ4v) is 1.64. The molecule has 1 aromatic rings. The maximum atomic E-state index is 3.91. The summed E-state index contributed by atoms with van der Waals surface area (Å²) in [5.74, 6) is 0. The van der Waals surface area contributed by atoms with E-state index in [1.807, 2.05) is 6.07 Å². The molecule has 0 aromatic carbocycles. The van der Waals surface area contributed by atoms with Crippen molar-refractivity contribution in [2.75, 3.05) is 6.54 Å². The van der Waals surface area contributed by atoms with E-state index in [2.05, 4.69) is 22.4 Å². The number of nitrogens with zero attached hydrogens (tertiary/aromatic N) is 1. The van der Waals surface area contributed by atoms with Gasteiger partial charge in [0.15, 0.2) is 0 Å². The van der Waals surface area contributed by atoms with E-state index in [9.17, 15) is 0 Å². The van der Waals surface area contributed by atoms with Crippen LogP contribution in [-0.4, -0.2) is 16.7 Å². The zero-order valence-corrected chi connectivity index (χ0v) is 9.76. The average Bonchev–Trinajstić information content (AvgIpc) is 2.75. The van der Waals surface area contributed by atoms with Gasteiger partial charge in [0.2, 0.25) is 0 Å². The van der Waals surface area contributed by atoms with Crippen LogP contribution in [0.4, 0.5) is 0 Å². The Morgan fingerprint density at radius 1 is 1.20 bits per heavy atom. The summed E-state index contributed by atoms with van der Waals surface area (Å²) in [6.45, 7) is 4.28. The summed E-state index contributed by atoms with van der Waals surface area (Å²) in [4.78, 5) is 0. The van der Waals surface area contributed by atoms with E-state index in [1.165, 1.54) is 44.2 Å². The minimum atomic E-state index is 0.912. The second-order valence-electron chi connectivity index (χ2n) is 4.03. The third-order valence-electron chi connectivity index (χ3n) is 2.58. The summed E-state index contributed by atoms with van der Waals surface area (Å²) in [6, 6.07) is 2.01. The molecular weight excluding hydrogens is 186 g/mol. The molecule has 0 saturated heterocycles. The fraction of sp³-hybridized carbons (Fsp3) is 0.750. The Balaban J connectivity index is 1.81. The van der Waals surface area contributed by atoms with Gasteiger partial charge in [0.25, 0.3) is 0 Å². The van der Waals surface area contributed by atoms with Crippen molar-refractivity contribution in [2.45, 2.75) is 52.0 Å². The van der Waals surface area contributed by atoms with Crippen LogP contribution >= 0.6 is 0 Å². The highest BCUT2D eigenvalue weighted by Gasteiger charge is 1.93. The van der Waals surface area contributed by atoms with Crippen molar-refractivity contribution in [2.24, 2.45) is 0 Å². The van der Waals surface area contributed by atoms with Gasteiger partial charge in [-0.05, 0) is 19.0 Å². The predicted molar refractivity (Wildman–Crippen MR) is 63.7 cm³/mol. The highest BCUT2D eigenvalue weighted by atomic mass is 15.1. The topological polar surface area (TPSA) is 40.7 Å². The minimum Gasteiger partial charge on any atom is -0.311 e. The first-order valence-electron chi connectivity index (χ1n) is 6.12. The van der Waals surface area contributed by atoms with Crippen molar-refractivity contribution in [1.29, 1.82) is 0 Å². The monoisotopic (exact) mass is 209 g/mol. The molecule has 0 fully saturated rings. The van der Waals surface area contributed by atoms with Gasteiger partial charge in [-0.3, -0.25) is 5.10 Å². The molecule has 0 aliphatic heterocycles. The molecule has 0 unspecified atom stereocenters. The second-order valence-corrected chi connectivity index (χ2v) is 4.03. The van der Waals surface area contributed by atoms with E-state index in [-0.39, 0.29) is 0 Å². The lowest BCUT2D eigenvalue weighted by atomic mass is 10.1. The fourth-order valence-electron chi connectivity index (χ4n) is 1.64. The lowest BCUT2D eigenvalue weighted by Gasteiger charge is -2.02. The van der Waals surface area contributed by atoms with E-state index >= 15 is 0 Å². The molecule has 0 bridgehead atoms. The summed E-state index contributed by atoms with van der Waals surface area (Å²) in [5, 5.41) is 10.3. The largest absolute Gasteiger partial charge is 0.311 e. The number of hydrogen-bond donors (Lipinski definition) is 2.